The van der Waals surface area contributed by atoms with Crippen LogP contribution in [-0.4, -0.2) is 15.0 Å². The molecular formula is C12H13FN4. The molecule has 0 aliphatic heterocycles. The van der Waals surface area contributed by atoms with Gasteiger partial charge in [-0.15, -0.1) is 5.10 Å². The fraction of sp³-hybridized carbons (Fsp3) is 0.333. The summed E-state index contributed by atoms with van der Waals surface area (Å²) in [6.45, 7) is 0.370. The molecule has 3 rings (SSSR count). The first-order valence-electron chi connectivity index (χ1n) is 5.70. The van der Waals surface area contributed by atoms with Gasteiger partial charge in [-0.3, -0.25) is 0 Å². The molecule has 1 fully saturated rings. The predicted octanol–water partition coefficient (Wildman–Crippen LogP) is 1.74. The maximum atomic E-state index is 13.2. The Morgan fingerprint density at radius 1 is 1.41 bits per heavy atom. The van der Waals surface area contributed by atoms with Gasteiger partial charge < -0.3 is 5.73 Å². The van der Waals surface area contributed by atoms with Crippen molar-refractivity contribution in [3.63, 3.8) is 0 Å². The molecule has 88 valence electrons. The summed E-state index contributed by atoms with van der Waals surface area (Å²) >= 11 is 0. The second kappa shape index (κ2) is 3.92. The smallest absolute Gasteiger partial charge is 0.125 e. The summed E-state index contributed by atoms with van der Waals surface area (Å²) in [5.74, 6) is 0.213. The number of hydrogen-bond donors (Lipinski definition) is 1. The number of halogens is 1. The van der Waals surface area contributed by atoms with Gasteiger partial charge in [-0.1, -0.05) is 11.3 Å². The SMILES string of the molecule is NCc1c(C2CC2)nnn1-c1cccc(F)c1. The predicted molar refractivity (Wildman–Crippen MR) is 61.2 cm³/mol. The molecule has 2 N–H and O–H groups in total. The van der Waals surface area contributed by atoms with E-state index in [9.17, 15) is 4.39 Å². The third kappa shape index (κ3) is 1.82. The van der Waals surface area contributed by atoms with Crippen LogP contribution in [0.4, 0.5) is 4.39 Å². The van der Waals surface area contributed by atoms with Gasteiger partial charge in [-0.2, -0.15) is 0 Å². The first-order valence-corrected chi connectivity index (χ1v) is 5.70. The van der Waals surface area contributed by atoms with Crippen molar-refractivity contribution in [1.29, 1.82) is 0 Å². The van der Waals surface area contributed by atoms with Gasteiger partial charge in [0.25, 0.3) is 0 Å². The lowest BCUT2D eigenvalue weighted by Gasteiger charge is -2.05. The standard InChI is InChI=1S/C12H13FN4/c13-9-2-1-3-10(6-9)17-11(7-14)12(15-16-17)8-4-5-8/h1-3,6,8H,4-5,7,14H2. The van der Waals surface area contributed by atoms with Crippen molar-refractivity contribution in [3.05, 3.63) is 41.5 Å². The van der Waals surface area contributed by atoms with Crippen LogP contribution in [0.2, 0.25) is 0 Å². The second-order valence-electron chi connectivity index (χ2n) is 4.29. The minimum atomic E-state index is -0.283. The third-order valence-electron chi connectivity index (χ3n) is 3.00. The Hall–Kier alpha value is -1.75. The van der Waals surface area contributed by atoms with E-state index in [1.807, 2.05) is 0 Å². The highest BCUT2D eigenvalue weighted by molar-refractivity contribution is 5.35. The second-order valence-corrected chi connectivity index (χ2v) is 4.29. The summed E-state index contributed by atoms with van der Waals surface area (Å²) in [5.41, 5.74) is 8.27. The molecule has 0 bridgehead atoms. The van der Waals surface area contributed by atoms with Crippen molar-refractivity contribution >= 4 is 0 Å². The van der Waals surface area contributed by atoms with Gasteiger partial charge in [-0.25, -0.2) is 9.07 Å². The Morgan fingerprint density at radius 2 is 2.24 bits per heavy atom. The molecule has 2 aromatic rings. The van der Waals surface area contributed by atoms with E-state index in [0.29, 0.717) is 18.2 Å². The zero-order valence-corrected chi connectivity index (χ0v) is 9.31. The molecule has 17 heavy (non-hydrogen) atoms. The minimum Gasteiger partial charge on any atom is -0.325 e. The minimum absolute atomic E-state index is 0.283. The largest absolute Gasteiger partial charge is 0.325 e. The highest BCUT2D eigenvalue weighted by Gasteiger charge is 2.30. The van der Waals surface area contributed by atoms with Crippen molar-refractivity contribution in [3.8, 4) is 5.69 Å². The number of rotatable bonds is 3. The monoisotopic (exact) mass is 232 g/mol. The Balaban J connectivity index is 2.08. The molecule has 5 heteroatoms. The van der Waals surface area contributed by atoms with Crippen LogP contribution in [0.15, 0.2) is 24.3 Å². The van der Waals surface area contributed by atoms with E-state index in [1.165, 1.54) is 12.1 Å². The van der Waals surface area contributed by atoms with Gasteiger partial charge in [0.2, 0.25) is 0 Å². The van der Waals surface area contributed by atoms with Gasteiger partial charge in [0.1, 0.15) is 5.82 Å². The van der Waals surface area contributed by atoms with Gasteiger partial charge in [0.05, 0.1) is 17.1 Å². The summed E-state index contributed by atoms with van der Waals surface area (Å²) in [7, 11) is 0. The van der Waals surface area contributed by atoms with E-state index in [1.54, 1.807) is 16.8 Å². The van der Waals surface area contributed by atoms with Crippen molar-refractivity contribution in [2.45, 2.75) is 25.3 Å². The number of nitrogens with zero attached hydrogens (tertiary/aromatic N) is 3. The summed E-state index contributed by atoms with van der Waals surface area (Å²) in [4.78, 5) is 0. The van der Waals surface area contributed by atoms with Crippen LogP contribution < -0.4 is 5.73 Å². The fourth-order valence-corrected chi connectivity index (χ4v) is 1.99. The third-order valence-corrected chi connectivity index (χ3v) is 3.00. The number of nitrogens with two attached hydrogens (primary N) is 1. The fourth-order valence-electron chi connectivity index (χ4n) is 1.99. The number of hydrogen-bond acceptors (Lipinski definition) is 3. The van der Waals surface area contributed by atoms with Crippen LogP contribution in [0, 0.1) is 5.82 Å². The molecule has 1 heterocycles. The Kier molecular flexibility index (Phi) is 2.40. The lowest BCUT2D eigenvalue weighted by molar-refractivity contribution is 0.624. The molecule has 0 atom stereocenters. The first-order chi connectivity index (χ1) is 8.29. The van der Waals surface area contributed by atoms with E-state index in [-0.39, 0.29) is 5.82 Å². The van der Waals surface area contributed by atoms with E-state index in [0.717, 1.165) is 24.2 Å². The molecule has 1 aliphatic carbocycles. The molecular weight excluding hydrogens is 219 g/mol. The molecule has 4 nitrogen and oxygen atoms in total. The van der Waals surface area contributed by atoms with Crippen molar-refractivity contribution in [2.24, 2.45) is 5.73 Å². The van der Waals surface area contributed by atoms with Crippen LogP contribution in [0.25, 0.3) is 5.69 Å². The van der Waals surface area contributed by atoms with E-state index >= 15 is 0 Å². The van der Waals surface area contributed by atoms with Gasteiger partial charge in [-0.05, 0) is 31.0 Å². The first kappa shape index (κ1) is 10.4. The Bertz CT molecular complexity index is 545. The van der Waals surface area contributed by atoms with E-state index in [2.05, 4.69) is 10.3 Å². The van der Waals surface area contributed by atoms with E-state index in [4.69, 9.17) is 5.73 Å². The van der Waals surface area contributed by atoms with Crippen LogP contribution in [0.3, 0.4) is 0 Å². The number of benzene rings is 1. The zero-order valence-electron chi connectivity index (χ0n) is 9.31. The normalized spacial score (nSPS) is 15.2. The van der Waals surface area contributed by atoms with Crippen LogP contribution in [0.1, 0.15) is 30.1 Å². The zero-order chi connectivity index (χ0) is 11.8. The molecule has 0 unspecified atom stereocenters. The summed E-state index contributed by atoms with van der Waals surface area (Å²) in [5, 5.41) is 8.25. The van der Waals surface area contributed by atoms with Crippen LogP contribution >= 0.6 is 0 Å². The Morgan fingerprint density at radius 3 is 2.88 bits per heavy atom. The maximum Gasteiger partial charge on any atom is 0.125 e. The van der Waals surface area contributed by atoms with Crippen molar-refractivity contribution in [1.82, 2.24) is 15.0 Å². The van der Waals surface area contributed by atoms with E-state index < -0.39 is 0 Å². The molecule has 0 radical (unpaired) electrons. The quantitative estimate of drug-likeness (QED) is 0.877. The lowest BCUT2D eigenvalue weighted by atomic mass is 10.2. The molecule has 0 spiro atoms. The average Bonchev–Trinajstić information content (AvgIpc) is 3.08. The maximum absolute atomic E-state index is 13.2. The average molecular weight is 232 g/mol. The molecule has 0 amide bonds. The number of aromatic nitrogens is 3. The van der Waals surface area contributed by atoms with Gasteiger partial charge in [0, 0.05) is 12.5 Å². The van der Waals surface area contributed by atoms with Gasteiger partial charge in [0.15, 0.2) is 0 Å². The van der Waals surface area contributed by atoms with Crippen molar-refractivity contribution in [2.75, 3.05) is 0 Å². The van der Waals surface area contributed by atoms with Crippen LogP contribution in [-0.2, 0) is 6.54 Å². The Labute approximate surface area is 98.2 Å². The van der Waals surface area contributed by atoms with Crippen LogP contribution in [0.5, 0.6) is 0 Å². The molecule has 1 aromatic carbocycles. The van der Waals surface area contributed by atoms with Crippen molar-refractivity contribution < 1.29 is 4.39 Å². The highest BCUT2D eigenvalue weighted by Crippen LogP contribution is 2.40. The summed E-state index contributed by atoms with van der Waals surface area (Å²) in [6.07, 6.45) is 2.30. The lowest BCUT2D eigenvalue weighted by Crippen LogP contribution is -2.08. The highest BCUT2D eigenvalue weighted by atomic mass is 19.1. The van der Waals surface area contributed by atoms with Gasteiger partial charge >= 0.3 is 0 Å². The summed E-state index contributed by atoms with van der Waals surface area (Å²) < 4.78 is 14.8. The molecule has 0 saturated heterocycles. The molecule has 1 aromatic heterocycles. The summed E-state index contributed by atoms with van der Waals surface area (Å²) in [6, 6.07) is 6.30. The molecule has 1 saturated carbocycles. The molecule has 1 aliphatic rings. The topological polar surface area (TPSA) is 56.7 Å².